The first-order chi connectivity index (χ1) is 17.1. The van der Waals surface area contributed by atoms with Gasteiger partial charge in [-0.05, 0) is 46.7 Å². The number of benzene rings is 4. The van der Waals surface area contributed by atoms with Crippen molar-refractivity contribution >= 4 is 5.78 Å². The molecule has 174 valence electrons. The molecule has 0 saturated carbocycles. The quantitative estimate of drug-likeness (QED) is 0.236. The molecule has 35 heavy (non-hydrogen) atoms. The number of nitrogens with one attached hydrogen (secondary N) is 1. The summed E-state index contributed by atoms with van der Waals surface area (Å²) in [6, 6.07) is 36.9. The Labute approximate surface area is 207 Å². The van der Waals surface area contributed by atoms with Crippen molar-refractivity contribution in [1.29, 1.82) is 0 Å². The van der Waals surface area contributed by atoms with Crippen LogP contribution in [0.1, 0.15) is 29.2 Å². The van der Waals surface area contributed by atoms with E-state index in [1.165, 1.54) is 11.1 Å². The summed E-state index contributed by atoms with van der Waals surface area (Å²) in [6.45, 7) is 6.22. The van der Waals surface area contributed by atoms with Crippen molar-refractivity contribution in [3.05, 3.63) is 144 Å². The molecular weight excluding hydrogens is 430 g/mol. The van der Waals surface area contributed by atoms with Crippen LogP contribution in [0.4, 0.5) is 0 Å². The lowest BCUT2D eigenvalue weighted by Gasteiger charge is -2.37. The van der Waals surface area contributed by atoms with Crippen molar-refractivity contribution in [3.63, 3.8) is 0 Å². The lowest BCUT2D eigenvalue weighted by Crippen LogP contribution is -2.52. The van der Waals surface area contributed by atoms with Crippen LogP contribution in [-0.4, -0.2) is 18.4 Å². The molecule has 0 amide bonds. The molecule has 0 heterocycles. The molecule has 3 heteroatoms. The smallest absolute Gasteiger partial charge is 0.213 e. The summed E-state index contributed by atoms with van der Waals surface area (Å²) in [4.78, 5) is 13.7. The normalized spacial score (nSPS) is 14.0. The fourth-order valence-corrected chi connectivity index (χ4v) is 5.23. The first kappa shape index (κ1) is 22.8. The van der Waals surface area contributed by atoms with Crippen molar-refractivity contribution < 1.29 is 9.53 Å². The van der Waals surface area contributed by atoms with Crippen molar-refractivity contribution in [1.82, 2.24) is 5.32 Å². The molecule has 3 nitrogen and oxygen atoms in total. The number of Topliss-reactive ketones (excluding diaryl/α,β-unsaturated/α-hetero) is 1. The van der Waals surface area contributed by atoms with E-state index in [-0.39, 0.29) is 11.5 Å². The number of fused-ring (bicyclic) bond motifs is 3. The van der Waals surface area contributed by atoms with Crippen molar-refractivity contribution in [2.24, 2.45) is 0 Å². The zero-order chi connectivity index (χ0) is 24.3. The van der Waals surface area contributed by atoms with E-state index in [9.17, 15) is 4.79 Å². The number of hydrogen-bond donors (Lipinski definition) is 1. The first-order valence-electron chi connectivity index (χ1n) is 12.1. The molecule has 5 rings (SSSR count). The highest BCUT2D eigenvalue weighted by molar-refractivity contribution is 5.98. The number of carbonyl (C=O) groups excluding carboxylic acids is 1. The van der Waals surface area contributed by atoms with E-state index in [1.807, 2.05) is 31.2 Å². The number of hydrogen-bond acceptors (Lipinski definition) is 3. The highest BCUT2D eigenvalue weighted by Crippen LogP contribution is 2.51. The maximum Gasteiger partial charge on any atom is 0.213 e. The van der Waals surface area contributed by atoms with E-state index in [4.69, 9.17) is 4.74 Å². The third-order valence-electron chi connectivity index (χ3n) is 6.74. The van der Waals surface area contributed by atoms with Gasteiger partial charge in [0, 0.05) is 0 Å². The summed E-state index contributed by atoms with van der Waals surface area (Å²) >= 11 is 0. The van der Waals surface area contributed by atoms with Crippen LogP contribution in [0.15, 0.2) is 122 Å². The fraction of sp³-hybridized carbons (Fsp3) is 0.156. The van der Waals surface area contributed by atoms with Gasteiger partial charge in [-0.2, -0.15) is 0 Å². The van der Waals surface area contributed by atoms with Gasteiger partial charge in [-0.15, -0.1) is 0 Å². The molecule has 0 spiro atoms. The van der Waals surface area contributed by atoms with Gasteiger partial charge < -0.3 is 4.74 Å². The lowest BCUT2D eigenvalue weighted by atomic mass is 9.79. The standard InChI is InChI=1S/C32H29NO2/c1-3-35-23(2)31(34)30(22-24-14-6-4-7-15-24)33-32(25-16-8-5-9-17-25)28-20-12-10-18-26(28)27-19-11-13-21-29(27)32/h4-21,30,33H,2-3,22H2,1H3/t30-/m0/s1. The number of ether oxygens (including phenoxy) is 1. The van der Waals surface area contributed by atoms with Crippen LogP contribution in [0.25, 0.3) is 11.1 Å². The van der Waals surface area contributed by atoms with E-state index in [0.717, 1.165) is 22.3 Å². The van der Waals surface area contributed by atoms with Gasteiger partial charge in [0.15, 0.2) is 5.76 Å². The second-order valence-corrected chi connectivity index (χ2v) is 8.81. The van der Waals surface area contributed by atoms with E-state index >= 15 is 0 Å². The Hall–Kier alpha value is -3.95. The molecule has 1 N–H and O–H groups in total. The Morgan fingerprint density at radius 2 is 1.31 bits per heavy atom. The van der Waals surface area contributed by atoms with Gasteiger partial charge in [0.2, 0.25) is 5.78 Å². The van der Waals surface area contributed by atoms with Crippen molar-refractivity contribution in [2.45, 2.75) is 24.9 Å². The molecule has 0 aromatic heterocycles. The van der Waals surface area contributed by atoms with Crippen LogP contribution in [0.5, 0.6) is 0 Å². The monoisotopic (exact) mass is 459 g/mol. The van der Waals surface area contributed by atoms with Crippen LogP contribution in [0.3, 0.4) is 0 Å². The first-order valence-corrected chi connectivity index (χ1v) is 12.1. The van der Waals surface area contributed by atoms with Crippen LogP contribution in [-0.2, 0) is 21.5 Å². The molecule has 0 bridgehead atoms. The summed E-state index contributed by atoms with van der Waals surface area (Å²) in [5, 5.41) is 3.86. The number of rotatable bonds is 9. The highest BCUT2D eigenvalue weighted by Gasteiger charge is 2.46. The molecule has 1 atom stereocenters. The molecule has 4 aromatic rings. The van der Waals surface area contributed by atoms with Gasteiger partial charge in [-0.3, -0.25) is 10.1 Å². The van der Waals surface area contributed by atoms with Gasteiger partial charge in [0.1, 0.15) is 0 Å². The van der Waals surface area contributed by atoms with E-state index in [0.29, 0.717) is 13.0 Å². The molecule has 0 saturated heterocycles. The molecule has 4 aromatic carbocycles. The third kappa shape index (κ3) is 4.09. The minimum atomic E-state index is -0.698. The van der Waals surface area contributed by atoms with Crippen molar-refractivity contribution in [2.75, 3.05) is 6.61 Å². The maximum atomic E-state index is 13.7. The van der Waals surface area contributed by atoms with Gasteiger partial charge in [0.25, 0.3) is 0 Å². The summed E-state index contributed by atoms with van der Waals surface area (Å²) in [5.74, 6) is 0.0524. The molecule has 0 fully saturated rings. The minimum absolute atomic E-state index is 0.132. The summed E-state index contributed by atoms with van der Waals surface area (Å²) in [5.41, 5.74) is 6.09. The number of ketones is 1. The minimum Gasteiger partial charge on any atom is -0.491 e. The predicted molar refractivity (Wildman–Crippen MR) is 141 cm³/mol. The lowest BCUT2D eigenvalue weighted by molar-refractivity contribution is -0.121. The van der Waals surface area contributed by atoms with Crippen LogP contribution < -0.4 is 5.32 Å². The second kappa shape index (κ2) is 9.73. The average Bonchev–Trinajstić information content (AvgIpc) is 3.20. The van der Waals surface area contributed by atoms with Gasteiger partial charge in [0.05, 0.1) is 18.2 Å². The van der Waals surface area contributed by atoms with E-state index in [1.54, 1.807) is 0 Å². The molecule has 0 aliphatic heterocycles. The second-order valence-electron chi connectivity index (χ2n) is 8.81. The van der Waals surface area contributed by atoms with Gasteiger partial charge in [-0.1, -0.05) is 116 Å². The third-order valence-corrected chi connectivity index (χ3v) is 6.74. The summed E-state index contributed by atoms with van der Waals surface area (Å²) < 4.78 is 5.58. The van der Waals surface area contributed by atoms with E-state index in [2.05, 4.69) is 96.8 Å². The molecule has 1 aliphatic carbocycles. The highest BCUT2D eigenvalue weighted by atomic mass is 16.5. The largest absolute Gasteiger partial charge is 0.491 e. The van der Waals surface area contributed by atoms with E-state index < -0.39 is 11.6 Å². The van der Waals surface area contributed by atoms with Crippen LogP contribution in [0, 0.1) is 0 Å². The average molecular weight is 460 g/mol. The topological polar surface area (TPSA) is 38.3 Å². The Balaban J connectivity index is 1.70. The maximum absolute atomic E-state index is 13.7. The van der Waals surface area contributed by atoms with Crippen molar-refractivity contribution in [3.8, 4) is 11.1 Å². The SMILES string of the molecule is C=C(OCC)C(=O)[C@H](Cc1ccccc1)NC1(c2ccccc2)c2ccccc2-c2ccccc21. The van der Waals surface area contributed by atoms with Crippen LogP contribution in [0.2, 0.25) is 0 Å². The van der Waals surface area contributed by atoms with Gasteiger partial charge in [-0.25, -0.2) is 0 Å². The number of carbonyl (C=O) groups is 1. The Kier molecular flexibility index (Phi) is 6.35. The molecule has 1 aliphatic rings. The Bertz CT molecular complexity index is 1300. The fourth-order valence-electron chi connectivity index (χ4n) is 5.23. The van der Waals surface area contributed by atoms with Gasteiger partial charge >= 0.3 is 0 Å². The Morgan fingerprint density at radius 1 is 0.800 bits per heavy atom. The molecule has 0 unspecified atom stereocenters. The predicted octanol–water partition coefficient (Wildman–Crippen LogP) is 6.28. The summed E-state index contributed by atoms with van der Waals surface area (Å²) in [6.07, 6.45) is 0.519. The zero-order valence-corrected chi connectivity index (χ0v) is 19.9. The Morgan fingerprint density at radius 3 is 1.89 bits per heavy atom. The zero-order valence-electron chi connectivity index (χ0n) is 19.9. The summed E-state index contributed by atoms with van der Waals surface area (Å²) in [7, 11) is 0. The van der Waals surface area contributed by atoms with Crippen LogP contribution >= 0.6 is 0 Å². The molecule has 0 radical (unpaired) electrons. The molecular formula is C32H29NO2.